The van der Waals surface area contributed by atoms with Crippen LogP contribution in [0, 0.1) is 6.92 Å². The van der Waals surface area contributed by atoms with Gasteiger partial charge in [-0.25, -0.2) is 9.59 Å². The topological polar surface area (TPSA) is 55.8 Å². The minimum absolute atomic E-state index is 0.354. The zero-order valence-electron chi connectivity index (χ0n) is 23.9. The molecule has 0 aliphatic rings. The number of hydrogen-bond donors (Lipinski definition) is 0. The summed E-state index contributed by atoms with van der Waals surface area (Å²) in [5, 5.41) is 0. The zero-order valence-corrected chi connectivity index (χ0v) is 23.9. The lowest BCUT2D eigenvalue weighted by Gasteiger charge is -2.27. The number of nitrogens with zero attached hydrogens (tertiary/aromatic N) is 1. The van der Waals surface area contributed by atoms with E-state index in [9.17, 15) is 9.59 Å². The number of esters is 2. The molecule has 0 saturated carbocycles. The van der Waals surface area contributed by atoms with Gasteiger partial charge in [0.2, 0.25) is 0 Å². The van der Waals surface area contributed by atoms with Crippen LogP contribution in [0.1, 0.15) is 37.8 Å². The van der Waals surface area contributed by atoms with E-state index in [4.69, 9.17) is 9.47 Å². The standard InChI is InChI=1S/C36H35NO4/c1-6-8-9-29-24-32(15-10-26(29)5)37(31-18-22-33(23-19-31)40-35(38)7-2)30-16-11-27(12-17-30)28-13-20-34(21-14-28)41-36(39)25(3)4/h7,10-24H,2-3,6,8-9H2,1,4-5H3. The summed E-state index contributed by atoms with van der Waals surface area (Å²) in [6, 6.07) is 29.7. The molecule has 0 aromatic heterocycles. The van der Waals surface area contributed by atoms with Gasteiger partial charge in [-0.2, -0.15) is 0 Å². The van der Waals surface area contributed by atoms with Gasteiger partial charge in [-0.3, -0.25) is 0 Å². The Morgan fingerprint density at radius 1 is 0.780 bits per heavy atom. The van der Waals surface area contributed by atoms with E-state index in [1.54, 1.807) is 31.2 Å². The number of benzene rings is 4. The number of aryl methyl sites for hydroxylation is 2. The van der Waals surface area contributed by atoms with Crippen LogP contribution in [0.25, 0.3) is 11.1 Å². The molecule has 0 aliphatic carbocycles. The molecule has 41 heavy (non-hydrogen) atoms. The minimum Gasteiger partial charge on any atom is -0.423 e. The van der Waals surface area contributed by atoms with E-state index in [0.29, 0.717) is 17.1 Å². The van der Waals surface area contributed by atoms with Gasteiger partial charge >= 0.3 is 11.9 Å². The van der Waals surface area contributed by atoms with Crippen molar-refractivity contribution in [2.75, 3.05) is 4.90 Å². The number of ether oxygens (including phenoxy) is 2. The highest BCUT2D eigenvalue weighted by Crippen LogP contribution is 2.37. The van der Waals surface area contributed by atoms with E-state index in [1.165, 1.54) is 11.1 Å². The summed E-state index contributed by atoms with van der Waals surface area (Å²) in [5.74, 6) is -0.00163. The second-order valence-corrected chi connectivity index (χ2v) is 9.91. The van der Waals surface area contributed by atoms with Gasteiger partial charge in [0.25, 0.3) is 0 Å². The summed E-state index contributed by atoms with van der Waals surface area (Å²) >= 11 is 0. The van der Waals surface area contributed by atoms with Crippen molar-refractivity contribution in [2.45, 2.75) is 40.0 Å². The van der Waals surface area contributed by atoms with Gasteiger partial charge in [-0.1, -0.05) is 56.8 Å². The fraction of sp³-hybridized carbons (Fsp3) is 0.167. The van der Waals surface area contributed by atoms with Gasteiger partial charge < -0.3 is 14.4 Å². The highest BCUT2D eigenvalue weighted by atomic mass is 16.5. The van der Waals surface area contributed by atoms with Crippen LogP contribution in [0.4, 0.5) is 17.1 Å². The van der Waals surface area contributed by atoms with Crippen LogP contribution < -0.4 is 14.4 Å². The van der Waals surface area contributed by atoms with E-state index in [1.807, 2.05) is 24.3 Å². The van der Waals surface area contributed by atoms with E-state index < -0.39 is 11.9 Å². The Balaban J connectivity index is 1.67. The molecule has 4 aromatic rings. The maximum absolute atomic E-state index is 11.8. The van der Waals surface area contributed by atoms with Gasteiger partial charge in [-0.05, 0) is 110 Å². The molecule has 0 amide bonds. The van der Waals surface area contributed by atoms with Crippen molar-refractivity contribution in [3.63, 3.8) is 0 Å². The predicted molar refractivity (Wildman–Crippen MR) is 166 cm³/mol. The molecule has 0 heterocycles. The first-order valence-electron chi connectivity index (χ1n) is 13.7. The van der Waals surface area contributed by atoms with E-state index >= 15 is 0 Å². The second kappa shape index (κ2) is 13.4. The van der Waals surface area contributed by atoms with Crippen molar-refractivity contribution in [3.05, 3.63) is 127 Å². The van der Waals surface area contributed by atoms with Gasteiger partial charge in [0.1, 0.15) is 11.5 Å². The fourth-order valence-electron chi connectivity index (χ4n) is 4.41. The lowest BCUT2D eigenvalue weighted by molar-refractivity contribution is -0.130. The first kappa shape index (κ1) is 29.1. The predicted octanol–water partition coefficient (Wildman–Crippen LogP) is 9.05. The summed E-state index contributed by atoms with van der Waals surface area (Å²) in [4.78, 5) is 25.7. The van der Waals surface area contributed by atoms with Crippen LogP contribution in [-0.4, -0.2) is 11.9 Å². The Kier molecular flexibility index (Phi) is 9.54. The molecule has 0 atom stereocenters. The average molecular weight is 546 g/mol. The van der Waals surface area contributed by atoms with Crippen molar-refractivity contribution in [1.29, 1.82) is 0 Å². The lowest BCUT2D eigenvalue weighted by Crippen LogP contribution is -2.11. The molecule has 4 aromatic carbocycles. The number of hydrogen-bond acceptors (Lipinski definition) is 5. The molecular formula is C36H35NO4. The highest BCUT2D eigenvalue weighted by Gasteiger charge is 2.15. The second-order valence-electron chi connectivity index (χ2n) is 9.91. The summed E-state index contributed by atoms with van der Waals surface area (Å²) in [6.07, 6.45) is 4.44. The lowest BCUT2D eigenvalue weighted by atomic mass is 10.0. The maximum Gasteiger partial charge on any atom is 0.338 e. The molecule has 0 radical (unpaired) electrons. The number of rotatable bonds is 11. The quantitative estimate of drug-likeness (QED) is 0.107. The Morgan fingerprint density at radius 2 is 1.29 bits per heavy atom. The smallest absolute Gasteiger partial charge is 0.338 e. The Labute approximate surface area is 242 Å². The van der Waals surface area contributed by atoms with Crippen LogP contribution in [-0.2, 0) is 16.0 Å². The van der Waals surface area contributed by atoms with E-state index in [0.717, 1.165) is 53.5 Å². The van der Waals surface area contributed by atoms with E-state index in [2.05, 4.69) is 74.4 Å². The summed E-state index contributed by atoms with van der Waals surface area (Å²) in [6.45, 7) is 13.1. The summed E-state index contributed by atoms with van der Waals surface area (Å²) in [5.41, 5.74) is 7.97. The maximum atomic E-state index is 11.8. The zero-order chi connectivity index (χ0) is 29.4. The van der Waals surface area contributed by atoms with E-state index in [-0.39, 0.29) is 0 Å². The molecule has 208 valence electrons. The molecule has 0 unspecified atom stereocenters. The van der Waals surface area contributed by atoms with Crippen LogP contribution in [0.3, 0.4) is 0 Å². The molecule has 5 heteroatoms. The van der Waals surface area contributed by atoms with Gasteiger partial charge in [-0.15, -0.1) is 0 Å². The largest absolute Gasteiger partial charge is 0.423 e. The Bertz CT molecular complexity index is 1530. The van der Waals surface area contributed by atoms with Crippen LogP contribution in [0.15, 0.2) is 116 Å². The molecule has 0 bridgehead atoms. The Morgan fingerprint density at radius 3 is 1.85 bits per heavy atom. The van der Waals surface area contributed by atoms with Gasteiger partial charge in [0, 0.05) is 28.7 Å². The Hall–Kier alpha value is -4.90. The van der Waals surface area contributed by atoms with Crippen molar-refractivity contribution in [2.24, 2.45) is 0 Å². The summed E-state index contributed by atoms with van der Waals surface area (Å²) in [7, 11) is 0. The molecule has 0 aliphatic heterocycles. The first-order valence-corrected chi connectivity index (χ1v) is 13.7. The van der Waals surface area contributed by atoms with Gasteiger partial charge in [0.15, 0.2) is 0 Å². The summed E-state index contributed by atoms with van der Waals surface area (Å²) < 4.78 is 10.6. The number of carbonyl (C=O) groups excluding carboxylic acids is 2. The van der Waals surface area contributed by atoms with Crippen LogP contribution in [0.5, 0.6) is 11.5 Å². The molecule has 4 rings (SSSR count). The van der Waals surface area contributed by atoms with Crippen molar-refractivity contribution in [1.82, 2.24) is 0 Å². The molecule has 0 N–H and O–H groups in total. The first-order chi connectivity index (χ1) is 19.8. The number of anilines is 3. The number of unbranched alkanes of at least 4 members (excludes halogenated alkanes) is 1. The minimum atomic E-state index is -0.494. The van der Waals surface area contributed by atoms with Crippen molar-refractivity contribution in [3.8, 4) is 22.6 Å². The monoisotopic (exact) mass is 545 g/mol. The fourth-order valence-corrected chi connectivity index (χ4v) is 4.41. The third-order valence-electron chi connectivity index (χ3n) is 6.74. The van der Waals surface area contributed by atoms with Crippen molar-refractivity contribution < 1.29 is 19.1 Å². The third-order valence-corrected chi connectivity index (χ3v) is 6.74. The normalized spacial score (nSPS) is 10.5. The molecule has 0 spiro atoms. The third kappa shape index (κ3) is 7.40. The molecule has 0 fully saturated rings. The number of carbonyl (C=O) groups is 2. The molecule has 5 nitrogen and oxygen atoms in total. The highest BCUT2D eigenvalue weighted by molar-refractivity contribution is 5.89. The van der Waals surface area contributed by atoms with Crippen LogP contribution >= 0.6 is 0 Å². The average Bonchev–Trinajstić information content (AvgIpc) is 2.99. The van der Waals surface area contributed by atoms with Gasteiger partial charge in [0.05, 0.1) is 0 Å². The van der Waals surface area contributed by atoms with Crippen LogP contribution in [0.2, 0.25) is 0 Å². The molecule has 0 saturated heterocycles. The SMILES string of the molecule is C=CC(=O)Oc1ccc(N(c2ccc(-c3ccc(OC(=O)C(=C)C)cc3)cc2)c2ccc(C)c(CCCC)c2)cc1. The molecular weight excluding hydrogens is 510 g/mol. The van der Waals surface area contributed by atoms with Crippen molar-refractivity contribution >= 4 is 29.0 Å².